The van der Waals surface area contributed by atoms with E-state index < -0.39 is 12.2 Å². The number of Topliss-reactive ketones (excluding diaryl/α,β-unsaturated/α-hetero) is 1. The molecule has 1 unspecified atom stereocenters. The molecule has 0 aromatic carbocycles. The Labute approximate surface area is 207 Å². The van der Waals surface area contributed by atoms with Gasteiger partial charge in [-0.2, -0.15) is 12.6 Å². The average Bonchev–Trinajstić information content (AvgIpc) is 2.79. The smallest absolute Gasteiger partial charge is 0.220 e. The van der Waals surface area contributed by atoms with E-state index in [1.165, 1.54) is 57.8 Å². The van der Waals surface area contributed by atoms with E-state index in [1.54, 1.807) is 6.92 Å². The van der Waals surface area contributed by atoms with Crippen molar-refractivity contribution >= 4 is 30.2 Å². The quantitative estimate of drug-likeness (QED) is 0.0735. The average molecular weight is 484 g/mol. The fourth-order valence-corrected chi connectivity index (χ4v) is 3.86. The first-order valence-electron chi connectivity index (χ1n) is 13.1. The molecule has 2 amide bonds. The molecule has 192 valence electrons. The van der Waals surface area contributed by atoms with Crippen molar-refractivity contribution in [2.45, 2.75) is 129 Å². The molecule has 6 nitrogen and oxygen atoms in total. The Bertz CT molecular complexity index is 555. The lowest BCUT2D eigenvalue weighted by Gasteiger charge is -2.18. The first-order chi connectivity index (χ1) is 15.9. The molecule has 0 aliphatic rings. The molecular weight excluding hydrogens is 434 g/mol. The molecule has 7 heteroatoms. The molecule has 0 rings (SSSR count). The van der Waals surface area contributed by atoms with Crippen LogP contribution < -0.4 is 16.4 Å². The SMILES string of the molecule is CCCCCCCC/C=C\CCCCCCCC(=O)N[C@@H](CS)C(=O)CC(N)NC(=O)CC. The van der Waals surface area contributed by atoms with Gasteiger partial charge in [0.1, 0.15) is 0 Å². The summed E-state index contributed by atoms with van der Waals surface area (Å²) in [5.74, 6) is -0.338. The molecule has 0 heterocycles. The second kappa shape index (κ2) is 22.5. The first-order valence-corrected chi connectivity index (χ1v) is 13.7. The summed E-state index contributed by atoms with van der Waals surface area (Å²) >= 11 is 4.17. The number of nitrogens with two attached hydrogens (primary N) is 1. The van der Waals surface area contributed by atoms with Crippen LogP contribution in [0.3, 0.4) is 0 Å². The number of ketones is 1. The van der Waals surface area contributed by atoms with Crippen molar-refractivity contribution in [3.05, 3.63) is 12.2 Å². The minimum absolute atomic E-state index is 0.0232. The van der Waals surface area contributed by atoms with Gasteiger partial charge in [0.15, 0.2) is 5.78 Å². The van der Waals surface area contributed by atoms with E-state index in [1.807, 2.05) is 0 Å². The predicted molar refractivity (Wildman–Crippen MR) is 141 cm³/mol. The van der Waals surface area contributed by atoms with E-state index in [9.17, 15) is 14.4 Å². The largest absolute Gasteiger partial charge is 0.345 e. The number of hydrogen-bond acceptors (Lipinski definition) is 5. The highest BCUT2D eigenvalue weighted by molar-refractivity contribution is 7.80. The van der Waals surface area contributed by atoms with E-state index >= 15 is 0 Å². The van der Waals surface area contributed by atoms with Crippen LogP contribution in [-0.4, -0.2) is 35.6 Å². The van der Waals surface area contributed by atoms with Crippen LogP contribution in [0.2, 0.25) is 0 Å². The summed E-state index contributed by atoms with van der Waals surface area (Å²) < 4.78 is 0. The van der Waals surface area contributed by atoms with Gasteiger partial charge < -0.3 is 16.4 Å². The molecule has 2 atom stereocenters. The van der Waals surface area contributed by atoms with Crippen LogP contribution in [-0.2, 0) is 14.4 Å². The highest BCUT2D eigenvalue weighted by atomic mass is 32.1. The van der Waals surface area contributed by atoms with Crippen LogP contribution in [0.4, 0.5) is 0 Å². The van der Waals surface area contributed by atoms with Crippen molar-refractivity contribution in [3.8, 4) is 0 Å². The van der Waals surface area contributed by atoms with Crippen LogP contribution in [0.15, 0.2) is 12.2 Å². The molecule has 0 aliphatic heterocycles. The van der Waals surface area contributed by atoms with Gasteiger partial charge in [-0.05, 0) is 32.1 Å². The van der Waals surface area contributed by atoms with Gasteiger partial charge in [0, 0.05) is 25.0 Å². The van der Waals surface area contributed by atoms with Crippen LogP contribution in [0.25, 0.3) is 0 Å². The summed E-state index contributed by atoms with van der Waals surface area (Å²) in [4.78, 5) is 35.8. The summed E-state index contributed by atoms with van der Waals surface area (Å²) in [6.45, 7) is 3.97. The van der Waals surface area contributed by atoms with Gasteiger partial charge in [-0.15, -0.1) is 0 Å². The molecule has 0 bridgehead atoms. The number of hydrogen-bond donors (Lipinski definition) is 4. The van der Waals surface area contributed by atoms with E-state index in [0.717, 1.165) is 25.7 Å². The highest BCUT2D eigenvalue weighted by Gasteiger charge is 2.21. The molecule has 0 aliphatic carbocycles. The van der Waals surface area contributed by atoms with E-state index in [4.69, 9.17) is 5.73 Å². The van der Waals surface area contributed by atoms with Gasteiger partial charge in [0.25, 0.3) is 0 Å². The van der Waals surface area contributed by atoms with Crippen molar-refractivity contribution in [3.63, 3.8) is 0 Å². The van der Waals surface area contributed by atoms with E-state index in [2.05, 4.69) is 42.3 Å². The molecule has 0 spiro atoms. The number of amides is 2. The Morgan fingerprint density at radius 3 is 1.88 bits per heavy atom. The standard InChI is InChI=1S/C26H49N3O3S/c1-3-5-6-7-8-9-10-11-12-13-14-15-16-17-18-19-26(32)28-22(21-33)23(30)20-24(27)29-25(31)4-2/h11-12,22,24,33H,3-10,13-21,27H2,1-2H3,(H,28,32)(H,29,31)/b12-11-/t22-,24?/m0/s1. The first kappa shape index (κ1) is 31.7. The third kappa shape index (κ3) is 19.8. The number of allylic oxidation sites excluding steroid dienone is 2. The zero-order chi connectivity index (χ0) is 24.7. The molecule has 0 saturated heterocycles. The number of carbonyl (C=O) groups is 3. The molecule has 0 fully saturated rings. The maximum absolute atomic E-state index is 12.3. The minimum Gasteiger partial charge on any atom is -0.345 e. The molecular formula is C26H49N3O3S. The summed E-state index contributed by atoms with van der Waals surface area (Å²) in [5, 5.41) is 5.30. The van der Waals surface area contributed by atoms with Gasteiger partial charge >= 0.3 is 0 Å². The van der Waals surface area contributed by atoms with Gasteiger partial charge in [0.05, 0.1) is 12.2 Å². The minimum atomic E-state index is -0.741. The summed E-state index contributed by atoms with van der Waals surface area (Å²) in [6, 6.07) is -0.673. The summed E-state index contributed by atoms with van der Waals surface area (Å²) in [6.07, 6.45) is 20.4. The Balaban J connectivity index is 3.74. The summed E-state index contributed by atoms with van der Waals surface area (Å²) in [7, 11) is 0. The fourth-order valence-electron chi connectivity index (χ4n) is 3.57. The van der Waals surface area contributed by atoms with Crippen molar-refractivity contribution in [1.82, 2.24) is 10.6 Å². The number of rotatable bonds is 22. The molecule has 0 saturated carbocycles. The lowest BCUT2D eigenvalue weighted by molar-refractivity contribution is -0.128. The predicted octanol–water partition coefficient (Wildman–Crippen LogP) is 5.21. The van der Waals surface area contributed by atoms with Gasteiger partial charge in [-0.1, -0.05) is 77.4 Å². The van der Waals surface area contributed by atoms with Crippen LogP contribution >= 0.6 is 12.6 Å². The lowest BCUT2D eigenvalue weighted by atomic mass is 10.1. The lowest BCUT2D eigenvalue weighted by Crippen LogP contribution is -2.48. The van der Waals surface area contributed by atoms with Crippen molar-refractivity contribution < 1.29 is 14.4 Å². The Morgan fingerprint density at radius 1 is 0.788 bits per heavy atom. The number of carbonyl (C=O) groups excluding carboxylic acids is 3. The Morgan fingerprint density at radius 2 is 1.33 bits per heavy atom. The van der Waals surface area contributed by atoms with Crippen molar-refractivity contribution in [2.24, 2.45) is 5.73 Å². The van der Waals surface area contributed by atoms with E-state index in [0.29, 0.717) is 12.8 Å². The zero-order valence-corrected chi connectivity index (χ0v) is 22.0. The van der Waals surface area contributed by atoms with Gasteiger partial charge in [0.2, 0.25) is 11.8 Å². The maximum atomic E-state index is 12.3. The van der Waals surface area contributed by atoms with Crippen LogP contribution in [0.5, 0.6) is 0 Å². The van der Waals surface area contributed by atoms with Crippen LogP contribution in [0, 0.1) is 0 Å². The Kier molecular flexibility index (Phi) is 21.5. The maximum Gasteiger partial charge on any atom is 0.220 e. The molecule has 0 radical (unpaired) electrons. The second-order valence-electron chi connectivity index (χ2n) is 8.83. The third-order valence-electron chi connectivity index (χ3n) is 5.66. The summed E-state index contributed by atoms with van der Waals surface area (Å²) in [5.41, 5.74) is 5.78. The van der Waals surface area contributed by atoms with Gasteiger partial charge in [-0.3, -0.25) is 14.4 Å². The third-order valence-corrected chi connectivity index (χ3v) is 6.03. The highest BCUT2D eigenvalue weighted by Crippen LogP contribution is 2.10. The number of unbranched alkanes of at least 4 members (excludes halogenated alkanes) is 11. The molecule has 33 heavy (non-hydrogen) atoms. The monoisotopic (exact) mass is 483 g/mol. The van der Waals surface area contributed by atoms with Crippen molar-refractivity contribution in [1.29, 1.82) is 0 Å². The topological polar surface area (TPSA) is 101 Å². The fraction of sp³-hybridized carbons (Fsp3) is 0.808. The Hall–Kier alpha value is -1.34. The van der Waals surface area contributed by atoms with Gasteiger partial charge in [-0.25, -0.2) is 0 Å². The molecule has 4 N–H and O–H groups in total. The zero-order valence-electron chi connectivity index (χ0n) is 21.1. The molecule has 0 aromatic rings. The number of nitrogens with one attached hydrogen (secondary N) is 2. The second-order valence-corrected chi connectivity index (χ2v) is 9.20. The number of thiol groups is 1. The van der Waals surface area contributed by atoms with Crippen LogP contribution in [0.1, 0.15) is 117 Å². The van der Waals surface area contributed by atoms with Crippen molar-refractivity contribution in [2.75, 3.05) is 5.75 Å². The van der Waals surface area contributed by atoms with E-state index in [-0.39, 0.29) is 29.8 Å². The normalized spacial score (nSPS) is 13.1. The molecule has 0 aromatic heterocycles.